The summed E-state index contributed by atoms with van der Waals surface area (Å²) in [6, 6.07) is 1.55. The summed E-state index contributed by atoms with van der Waals surface area (Å²) in [6.45, 7) is 0. The van der Waals surface area contributed by atoms with Gasteiger partial charge < -0.3 is 10.2 Å². The van der Waals surface area contributed by atoms with Crippen LogP contribution >= 0.6 is 0 Å². The molecule has 0 aliphatic heterocycles. The van der Waals surface area contributed by atoms with Crippen LogP contribution in [0.4, 0.5) is 5.69 Å². The molecule has 0 bridgehead atoms. The number of hydrogen-bond acceptors (Lipinski definition) is 7. The van der Waals surface area contributed by atoms with Crippen molar-refractivity contribution >= 4 is 11.9 Å². The van der Waals surface area contributed by atoms with Crippen molar-refractivity contribution in [1.29, 1.82) is 0 Å². The van der Waals surface area contributed by atoms with Crippen molar-refractivity contribution in [2.24, 2.45) is 5.10 Å². The van der Waals surface area contributed by atoms with Crippen molar-refractivity contribution in [2.45, 2.75) is 0 Å². The molecular formula is C9H5N5O4-2. The second kappa shape index (κ2) is 4.49. The van der Waals surface area contributed by atoms with Gasteiger partial charge in [0.1, 0.15) is 12.7 Å². The molecule has 2 aromatic rings. The zero-order valence-corrected chi connectivity index (χ0v) is 8.76. The van der Waals surface area contributed by atoms with E-state index in [0.29, 0.717) is 6.07 Å². The average Bonchev–Trinajstić information content (AvgIpc) is 2.80. The van der Waals surface area contributed by atoms with Gasteiger partial charge in [0.25, 0.3) is 5.69 Å². The van der Waals surface area contributed by atoms with Crippen LogP contribution in [0.3, 0.4) is 0 Å². The molecular weight excluding hydrogens is 242 g/mol. The highest BCUT2D eigenvalue weighted by atomic mass is 16.6. The van der Waals surface area contributed by atoms with Crippen molar-refractivity contribution in [3.63, 3.8) is 0 Å². The van der Waals surface area contributed by atoms with E-state index in [4.69, 9.17) is 0 Å². The molecule has 0 atom stereocenters. The summed E-state index contributed by atoms with van der Waals surface area (Å²) < 4.78 is 1.20. The lowest BCUT2D eigenvalue weighted by atomic mass is 10.2. The molecule has 0 unspecified atom stereocenters. The number of hydrogen-bond donors (Lipinski definition) is 0. The monoisotopic (exact) mass is 247 g/mol. The smallest absolute Gasteiger partial charge is 0.262 e. The number of aromatic nitrogens is 3. The third-order valence-corrected chi connectivity index (χ3v) is 2.02. The van der Waals surface area contributed by atoms with Crippen LogP contribution in [0.1, 0.15) is 5.56 Å². The van der Waals surface area contributed by atoms with Gasteiger partial charge in [0.15, 0.2) is 0 Å². The van der Waals surface area contributed by atoms with Gasteiger partial charge in [-0.1, -0.05) is 6.07 Å². The van der Waals surface area contributed by atoms with Crippen molar-refractivity contribution < 1.29 is 15.1 Å². The Hall–Kier alpha value is -2.97. The third-order valence-electron chi connectivity index (χ3n) is 2.02. The number of nitro groups is 1. The van der Waals surface area contributed by atoms with Crippen LogP contribution in [0.25, 0.3) is 0 Å². The molecule has 0 N–H and O–H groups in total. The molecule has 18 heavy (non-hydrogen) atoms. The topological polar surface area (TPSA) is 132 Å². The molecule has 0 radical (unpaired) electrons. The fourth-order valence-corrected chi connectivity index (χ4v) is 1.19. The van der Waals surface area contributed by atoms with Gasteiger partial charge in [-0.05, 0) is 11.3 Å². The number of rotatable bonds is 3. The van der Waals surface area contributed by atoms with Crippen molar-refractivity contribution in [3.8, 4) is 11.5 Å². The van der Waals surface area contributed by atoms with Gasteiger partial charge in [-0.3, -0.25) is 10.1 Å². The maximum Gasteiger partial charge on any atom is 0.262 e. The van der Waals surface area contributed by atoms with E-state index < -0.39 is 22.1 Å². The summed E-state index contributed by atoms with van der Waals surface area (Å²) >= 11 is 0. The van der Waals surface area contributed by atoms with E-state index in [2.05, 4.69) is 15.3 Å². The van der Waals surface area contributed by atoms with E-state index in [1.807, 2.05) is 0 Å². The lowest BCUT2D eigenvalue weighted by Crippen LogP contribution is -2.03. The molecule has 1 aromatic carbocycles. The third kappa shape index (κ3) is 2.24. The Bertz CT molecular complexity index is 608. The molecule has 1 heterocycles. The molecule has 2 rings (SSSR count). The fourth-order valence-electron chi connectivity index (χ4n) is 1.19. The Balaban J connectivity index is 2.39. The summed E-state index contributed by atoms with van der Waals surface area (Å²) in [4.78, 5) is 9.70. The van der Waals surface area contributed by atoms with E-state index in [-0.39, 0.29) is 5.56 Å². The first-order valence-corrected chi connectivity index (χ1v) is 4.63. The minimum atomic E-state index is -0.925. The average molecular weight is 247 g/mol. The Morgan fingerprint density at radius 2 is 1.89 bits per heavy atom. The molecule has 0 spiro atoms. The van der Waals surface area contributed by atoms with Crippen LogP contribution in [0.5, 0.6) is 11.5 Å². The molecule has 1 aromatic heterocycles. The molecule has 0 saturated heterocycles. The summed E-state index contributed by atoms with van der Waals surface area (Å²) in [5.74, 6) is -1.56. The largest absolute Gasteiger partial charge is 0.872 e. The minimum Gasteiger partial charge on any atom is -0.872 e. The van der Waals surface area contributed by atoms with Gasteiger partial charge in [-0.25, -0.2) is 4.68 Å². The second-order valence-electron chi connectivity index (χ2n) is 3.20. The first-order chi connectivity index (χ1) is 8.58. The lowest BCUT2D eigenvalue weighted by molar-refractivity contribution is -0.398. The van der Waals surface area contributed by atoms with Gasteiger partial charge >= 0.3 is 0 Å². The van der Waals surface area contributed by atoms with Crippen LogP contribution in [-0.2, 0) is 0 Å². The number of benzene rings is 1. The van der Waals surface area contributed by atoms with E-state index in [9.17, 15) is 20.3 Å². The van der Waals surface area contributed by atoms with Crippen LogP contribution in [0.15, 0.2) is 29.9 Å². The molecule has 0 saturated carbocycles. The van der Waals surface area contributed by atoms with Crippen molar-refractivity contribution in [1.82, 2.24) is 14.9 Å². The summed E-state index contributed by atoms with van der Waals surface area (Å²) in [5.41, 5.74) is -0.727. The minimum absolute atomic E-state index is 0.0602. The van der Waals surface area contributed by atoms with Crippen LogP contribution in [0.2, 0.25) is 0 Å². The fraction of sp³-hybridized carbons (Fsp3) is 0. The standard InChI is InChI=1S/C9H7N5O4/c15-8-2-9(16)7(14(17)18)1-6(8)3-12-13-4-10-11-5-13/h1-5,15-16H/p-2/b12-3-. The maximum absolute atomic E-state index is 11.4. The highest BCUT2D eigenvalue weighted by molar-refractivity contribution is 5.85. The molecule has 0 aliphatic rings. The van der Waals surface area contributed by atoms with E-state index in [1.54, 1.807) is 0 Å². The lowest BCUT2D eigenvalue weighted by Gasteiger charge is -2.14. The number of nitro benzene ring substituents is 1. The molecule has 0 amide bonds. The summed E-state index contributed by atoms with van der Waals surface area (Å²) in [5, 5.41) is 43.9. The predicted molar refractivity (Wildman–Crippen MR) is 55.0 cm³/mol. The van der Waals surface area contributed by atoms with Crippen molar-refractivity contribution in [2.75, 3.05) is 0 Å². The number of nitrogens with zero attached hydrogens (tertiary/aromatic N) is 5. The van der Waals surface area contributed by atoms with Gasteiger partial charge in [-0.15, -0.1) is 15.9 Å². The molecule has 92 valence electrons. The highest BCUT2D eigenvalue weighted by Crippen LogP contribution is 2.28. The Morgan fingerprint density at radius 1 is 1.22 bits per heavy atom. The van der Waals surface area contributed by atoms with Crippen molar-refractivity contribution in [3.05, 3.63) is 40.5 Å². The van der Waals surface area contributed by atoms with E-state index in [1.165, 1.54) is 17.3 Å². The van der Waals surface area contributed by atoms with Gasteiger partial charge in [0, 0.05) is 6.07 Å². The Kier molecular flexibility index (Phi) is 2.87. The maximum atomic E-state index is 11.4. The first-order valence-electron chi connectivity index (χ1n) is 4.63. The SMILES string of the molecule is O=[N+]([O-])c1cc(/C=N\n2cnnc2)c([O-])cc1[O-]. The summed E-state index contributed by atoms with van der Waals surface area (Å²) in [6.07, 6.45) is 3.65. The zero-order valence-electron chi connectivity index (χ0n) is 8.76. The Morgan fingerprint density at radius 3 is 2.50 bits per heavy atom. The zero-order chi connectivity index (χ0) is 13.1. The highest BCUT2D eigenvalue weighted by Gasteiger charge is 2.08. The summed E-state index contributed by atoms with van der Waals surface area (Å²) in [7, 11) is 0. The normalized spacial score (nSPS) is 10.9. The van der Waals surface area contributed by atoms with Crippen LogP contribution in [-0.4, -0.2) is 26.0 Å². The molecule has 0 fully saturated rings. The second-order valence-corrected chi connectivity index (χ2v) is 3.20. The van der Waals surface area contributed by atoms with Gasteiger partial charge in [0.2, 0.25) is 0 Å². The van der Waals surface area contributed by atoms with Gasteiger partial charge in [0.05, 0.1) is 11.1 Å². The van der Waals surface area contributed by atoms with Crippen LogP contribution in [0, 0.1) is 10.1 Å². The predicted octanol–water partition coefficient (Wildman–Crippen LogP) is -0.784. The van der Waals surface area contributed by atoms with Crippen LogP contribution < -0.4 is 10.2 Å². The van der Waals surface area contributed by atoms with Gasteiger partial charge in [-0.2, -0.15) is 5.10 Å². The van der Waals surface area contributed by atoms with E-state index in [0.717, 1.165) is 12.3 Å². The quantitative estimate of drug-likeness (QED) is 0.396. The Labute approximate surface area is 99.8 Å². The van der Waals surface area contributed by atoms with E-state index >= 15 is 0 Å². The molecule has 9 heteroatoms. The first kappa shape index (κ1) is 11.5. The molecule has 9 nitrogen and oxygen atoms in total. The molecule has 0 aliphatic carbocycles.